The molecule has 15 rings (SSSR count). The number of hydrogen-bond donors (Lipinski definition) is 0. The second kappa shape index (κ2) is 15.5. The van der Waals surface area contributed by atoms with Crippen LogP contribution < -0.4 is 0 Å². The topological polar surface area (TPSA) is 56.4 Å². The molecule has 72 heavy (non-hydrogen) atoms. The number of benzene rings is 10. The van der Waals surface area contributed by atoms with Crippen LogP contribution in [0.4, 0.5) is 0 Å². The lowest BCUT2D eigenvalue weighted by molar-refractivity contribution is 1.02. The van der Waals surface area contributed by atoms with E-state index >= 15 is 0 Å². The second-order valence-electron chi connectivity index (χ2n) is 18.5. The van der Waals surface area contributed by atoms with Crippen LogP contribution in [0.1, 0.15) is 5.56 Å². The van der Waals surface area contributed by atoms with Gasteiger partial charge in [-0.2, -0.15) is 5.26 Å². The van der Waals surface area contributed by atoms with E-state index in [2.05, 4.69) is 261 Å². The number of fused-ring (bicyclic) bond motifs is 12. The van der Waals surface area contributed by atoms with Gasteiger partial charge < -0.3 is 18.3 Å². The molecule has 5 heterocycles. The average Bonchev–Trinajstić information content (AvgIpc) is 4.18. The summed E-state index contributed by atoms with van der Waals surface area (Å²) >= 11 is 0. The van der Waals surface area contributed by atoms with Gasteiger partial charge in [0.05, 0.1) is 83.8 Å². The maximum absolute atomic E-state index is 12.6. The smallest absolute Gasteiger partial charge is 0.102 e. The van der Waals surface area contributed by atoms with Crippen LogP contribution in [0.5, 0.6) is 0 Å². The summed E-state index contributed by atoms with van der Waals surface area (Å²) in [5.41, 5.74) is 15.2. The molecule has 15 aromatic rings. The summed E-state index contributed by atoms with van der Waals surface area (Å²) in [6.45, 7) is 0. The van der Waals surface area contributed by atoms with Gasteiger partial charge in [0.25, 0.3) is 0 Å². The highest BCUT2D eigenvalue weighted by Crippen LogP contribution is 2.51. The third-order valence-electron chi connectivity index (χ3n) is 14.8. The minimum Gasteiger partial charge on any atom is -0.306 e. The molecule has 6 heteroatoms. The fourth-order valence-corrected chi connectivity index (χ4v) is 11.9. The molecule has 10 aromatic carbocycles. The number of pyridine rings is 1. The minimum absolute atomic E-state index is 0.498. The SMILES string of the molecule is N#Cc1c(-c2cccc(-c3ccccc3)n2)c(-n2c3ccccc3c3ccccc32)c(-n2c3ccccc3c3ccccc32)c(-n2c3ccccc3c3ccccc32)c1-n1c2ccccc2c2ccccc21. The van der Waals surface area contributed by atoms with Crippen molar-refractivity contribution in [1.29, 1.82) is 5.26 Å². The third-order valence-corrected chi connectivity index (χ3v) is 14.8. The first-order valence-electron chi connectivity index (χ1n) is 24.4. The van der Waals surface area contributed by atoms with Crippen LogP contribution in [0.25, 0.3) is 132 Å². The molecule has 0 N–H and O–H groups in total. The maximum Gasteiger partial charge on any atom is 0.102 e. The van der Waals surface area contributed by atoms with Crippen LogP contribution in [0.3, 0.4) is 0 Å². The summed E-state index contributed by atoms with van der Waals surface area (Å²) in [7, 11) is 0. The van der Waals surface area contributed by atoms with E-state index in [1.54, 1.807) is 0 Å². The number of para-hydroxylation sites is 8. The van der Waals surface area contributed by atoms with Crippen LogP contribution in [-0.2, 0) is 0 Å². The molecule has 0 saturated carbocycles. The Morgan fingerprint density at radius 1 is 0.264 bits per heavy atom. The van der Waals surface area contributed by atoms with Crippen molar-refractivity contribution in [2.75, 3.05) is 0 Å². The van der Waals surface area contributed by atoms with E-state index in [1.165, 1.54) is 0 Å². The molecular weight excluding hydrogens is 877 g/mol. The molecule has 0 saturated heterocycles. The summed E-state index contributed by atoms with van der Waals surface area (Å²) in [6.07, 6.45) is 0. The number of aromatic nitrogens is 5. The zero-order valence-corrected chi connectivity index (χ0v) is 38.8. The van der Waals surface area contributed by atoms with Crippen molar-refractivity contribution in [3.63, 3.8) is 0 Å². The van der Waals surface area contributed by atoms with Gasteiger partial charge in [0.2, 0.25) is 0 Å². The standard InChI is InChI=1S/C66H40N6/c67-41-51-62(53-32-20-31-52(68-53)42-21-2-1-3-22-42)64(70-56-35-14-6-25-45(56)46-26-7-15-36-57(46)70)66(72-60-39-18-10-29-49(60)50-30-11-19-40-61(50)72)65(71-58-37-16-8-27-47(58)48-28-9-17-38-59(48)71)63(51)69-54-33-12-4-23-43(54)44-24-5-13-34-55(44)69/h1-40H. The highest BCUT2D eigenvalue weighted by molar-refractivity contribution is 6.17. The zero-order chi connectivity index (χ0) is 47.4. The molecule has 334 valence electrons. The third kappa shape index (κ3) is 5.56. The molecule has 0 aliphatic carbocycles. The van der Waals surface area contributed by atoms with Crippen molar-refractivity contribution >= 4 is 87.2 Å². The molecule has 0 aliphatic rings. The van der Waals surface area contributed by atoms with E-state index in [0.29, 0.717) is 11.3 Å². The van der Waals surface area contributed by atoms with Crippen molar-refractivity contribution in [2.45, 2.75) is 0 Å². The summed E-state index contributed by atoms with van der Waals surface area (Å²) in [4.78, 5) is 5.65. The van der Waals surface area contributed by atoms with Gasteiger partial charge >= 0.3 is 0 Å². The Kier molecular flexibility index (Phi) is 8.62. The van der Waals surface area contributed by atoms with Crippen molar-refractivity contribution in [1.82, 2.24) is 23.3 Å². The quantitative estimate of drug-likeness (QED) is 0.167. The van der Waals surface area contributed by atoms with Gasteiger partial charge in [-0.05, 0) is 60.7 Å². The van der Waals surface area contributed by atoms with Gasteiger partial charge in [0.15, 0.2) is 0 Å². The van der Waals surface area contributed by atoms with E-state index in [-0.39, 0.29) is 0 Å². The molecule has 0 radical (unpaired) electrons. The lowest BCUT2D eigenvalue weighted by Crippen LogP contribution is -2.17. The Morgan fingerprint density at radius 2 is 0.542 bits per heavy atom. The van der Waals surface area contributed by atoms with Crippen LogP contribution >= 0.6 is 0 Å². The molecule has 6 nitrogen and oxygen atoms in total. The lowest BCUT2D eigenvalue weighted by Gasteiger charge is -2.29. The first kappa shape index (κ1) is 40.0. The van der Waals surface area contributed by atoms with Gasteiger partial charge in [0.1, 0.15) is 6.07 Å². The van der Waals surface area contributed by atoms with E-state index in [9.17, 15) is 5.26 Å². The van der Waals surface area contributed by atoms with Crippen LogP contribution in [0.15, 0.2) is 243 Å². The van der Waals surface area contributed by atoms with Gasteiger partial charge in [0, 0.05) is 54.2 Å². The Bertz CT molecular complexity index is 4550. The molecule has 0 aliphatic heterocycles. The van der Waals surface area contributed by atoms with Crippen LogP contribution in [0, 0.1) is 11.3 Å². The molecule has 5 aromatic heterocycles. The summed E-state index contributed by atoms with van der Waals surface area (Å²) < 4.78 is 9.70. The average molecular weight is 917 g/mol. The summed E-state index contributed by atoms with van der Waals surface area (Å²) in [5.74, 6) is 0. The first-order valence-corrected chi connectivity index (χ1v) is 24.4. The molecule has 0 unspecified atom stereocenters. The Labute approximate surface area is 413 Å². The summed E-state index contributed by atoms with van der Waals surface area (Å²) in [6, 6.07) is 89.1. The van der Waals surface area contributed by atoms with Gasteiger partial charge in [-0.25, -0.2) is 4.98 Å². The molecule has 0 spiro atoms. The second-order valence-corrected chi connectivity index (χ2v) is 18.5. The lowest BCUT2D eigenvalue weighted by atomic mass is 9.94. The van der Waals surface area contributed by atoms with Gasteiger partial charge in [-0.3, -0.25) is 0 Å². The van der Waals surface area contributed by atoms with Crippen molar-refractivity contribution in [3.8, 4) is 51.3 Å². The Morgan fingerprint density at radius 3 is 0.889 bits per heavy atom. The fourth-order valence-electron chi connectivity index (χ4n) is 11.9. The predicted molar refractivity (Wildman–Crippen MR) is 297 cm³/mol. The predicted octanol–water partition coefficient (Wildman–Crippen LogP) is 16.7. The molecule has 0 fully saturated rings. The fraction of sp³-hybridized carbons (Fsp3) is 0. The Hall–Kier alpha value is -9.96. The van der Waals surface area contributed by atoms with Crippen molar-refractivity contribution in [3.05, 3.63) is 248 Å². The first-order chi connectivity index (χ1) is 35.8. The molecule has 0 bridgehead atoms. The monoisotopic (exact) mass is 916 g/mol. The number of nitrogens with zero attached hydrogens (tertiary/aromatic N) is 6. The zero-order valence-electron chi connectivity index (χ0n) is 38.8. The van der Waals surface area contributed by atoms with Gasteiger partial charge in [-0.1, -0.05) is 182 Å². The summed E-state index contributed by atoms with van der Waals surface area (Å²) in [5, 5.41) is 21.5. The molecule has 0 atom stereocenters. The van der Waals surface area contributed by atoms with Crippen molar-refractivity contribution in [2.24, 2.45) is 0 Å². The largest absolute Gasteiger partial charge is 0.306 e. The maximum atomic E-state index is 12.6. The van der Waals surface area contributed by atoms with Gasteiger partial charge in [-0.15, -0.1) is 0 Å². The van der Waals surface area contributed by atoms with E-state index in [4.69, 9.17) is 4.98 Å². The number of rotatable bonds is 6. The number of nitriles is 1. The highest BCUT2D eigenvalue weighted by Gasteiger charge is 2.35. The van der Waals surface area contributed by atoms with Crippen LogP contribution in [0.2, 0.25) is 0 Å². The molecule has 0 amide bonds. The van der Waals surface area contributed by atoms with Crippen molar-refractivity contribution < 1.29 is 0 Å². The Balaban J connectivity index is 1.31. The van der Waals surface area contributed by atoms with Crippen LogP contribution in [-0.4, -0.2) is 23.3 Å². The normalized spacial score (nSPS) is 11.9. The minimum atomic E-state index is 0.498. The van der Waals surface area contributed by atoms with E-state index in [1.807, 2.05) is 6.07 Å². The highest BCUT2D eigenvalue weighted by atomic mass is 15.1. The molecular formula is C66H40N6. The number of hydrogen-bond acceptors (Lipinski definition) is 2. The van der Waals surface area contributed by atoms with E-state index in [0.717, 1.165) is 127 Å². The van der Waals surface area contributed by atoms with E-state index < -0.39 is 0 Å².